The highest BCUT2D eigenvalue weighted by atomic mass is 16.5. The van der Waals surface area contributed by atoms with Crippen LogP contribution in [0.1, 0.15) is 36.5 Å². The van der Waals surface area contributed by atoms with Gasteiger partial charge in [-0.2, -0.15) is 0 Å². The van der Waals surface area contributed by atoms with Gasteiger partial charge in [-0.3, -0.25) is 0 Å². The Morgan fingerprint density at radius 2 is 2.00 bits per heavy atom. The van der Waals surface area contributed by atoms with Crippen molar-refractivity contribution in [3.05, 3.63) is 34.9 Å². The van der Waals surface area contributed by atoms with Crippen molar-refractivity contribution in [3.63, 3.8) is 0 Å². The molecule has 1 aromatic rings. The molecular weight excluding hydrogens is 222 g/mol. The molecule has 0 saturated carbocycles. The second-order valence-electron chi connectivity index (χ2n) is 5.68. The lowest BCUT2D eigenvalue weighted by molar-refractivity contribution is -0.00949. The predicted octanol–water partition coefficient (Wildman–Crippen LogP) is 3.00. The first-order chi connectivity index (χ1) is 8.57. The van der Waals surface area contributed by atoms with Crippen molar-refractivity contribution < 1.29 is 4.74 Å². The topological polar surface area (TPSA) is 21.3 Å². The van der Waals surface area contributed by atoms with Gasteiger partial charge in [0.15, 0.2) is 0 Å². The van der Waals surface area contributed by atoms with E-state index >= 15 is 0 Å². The van der Waals surface area contributed by atoms with Gasteiger partial charge in [0.1, 0.15) is 0 Å². The fourth-order valence-electron chi connectivity index (χ4n) is 3.07. The summed E-state index contributed by atoms with van der Waals surface area (Å²) >= 11 is 0. The van der Waals surface area contributed by atoms with Gasteiger partial charge in [0.05, 0.1) is 5.60 Å². The largest absolute Gasteiger partial charge is 0.374 e. The van der Waals surface area contributed by atoms with Crippen LogP contribution in [0.5, 0.6) is 0 Å². The molecule has 0 spiro atoms. The third-order valence-corrected chi connectivity index (χ3v) is 4.39. The van der Waals surface area contributed by atoms with Crippen LogP contribution in [0.25, 0.3) is 0 Å². The molecule has 0 aromatic heterocycles. The highest BCUT2D eigenvalue weighted by molar-refractivity contribution is 5.34. The Balaban J connectivity index is 2.20. The minimum Gasteiger partial charge on any atom is -0.374 e. The van der Waals surface area contributed by atoms with E-state index in [0.29, 0.717) is 6.04 Å². The molecule has 1 aliphatic rings. The van der Waals surface area contributed by atoms with Crippen molar-refractivity contribution in [2.24, 2.45) is 0 Å². The van der Waals surface area contributed by atoms with Gasteiger partial charge in [-0.25, -0.2) is 0 Å². The van der Waals surface area contributed by atoms with E-state index in [-0.39, 0.29) is 5.60 Å². The zero-order chi connectivity index (χ0) is 13.2. The minimum absolute atomic E-state index is 0.0104. The lowest BCUT2D eigenvalue weighted by Crippen LogP contribution is -2.48. The maximum atomic E-state index is 5.98. The van der Waals surface area contributed by atoms with Crippen LogP contribution in [0.2, 0.25) is 0 Å². The molecule has 1 N–H and O–H groups in total. The number of hydrogen-bond acceptors (Lipinski definition) is 2. The summed E-state index contributed by atoms with van der Waals surface area (Å²) in [7, 11) is 2.05. The van der Waals surface area contributed by atoms with Crippen LogP contribution in [-0.2, 0) is 11.2 Å². The first-order valence-electron chi connectivity index (χ1n) is 6.93. The average Bonchev–Trinajstić information content (AvgIpc) is 2.77. The zero-order valence-electron chi connectivity index (χ0n) is 12.0. The highest BCUT2D eigenvalue weighted by Gasteiger charge is 2.37. The maximum Gasteiger partial charge on any atom is 0.0810 e. The quantitative estimate of drug-likeness (QED) is 0.883. The van der Waals surface area contributed by atoms with Crippen LogP contribution in [0.15, 0.2) is 18.2 Å². The average molecular weight is 247 g/mol. The van der Waals surface area contributed by atoms with Crippen LogP contribution in [-0.4, -0.2) is 25.3 Å². The minimum atomic E-state index is -0.0104. The summed E-state index contributed by atoms with van der Waals surface area (Å²) in [4.78, 5) is 0. The molecule has 1 aliphatic heterocycles. The summed E-state index contributed by atoms with van der Waals surface area (Å²) in [5.74, 6) is 0. The molecule has 100 valence electrons. The number of likely N-dealkylation sites (N-methyl/N-ethyl adjacent to an activating group) is 1. The van der Waals surface area contributed by atoms with Gasteiger partial charge in [0, 0.05) is 12.6 Å². The van der Waals surface area contributed by atoms with E-state index in [2.05, 4.69) is 44.3 Å². The lowest BCUT2D eigenvalue weighted by Gasteiger charge is -2.34. The molecule has 0 radical (unpaired) electrons. The van der Waals surface area contributed by atoms with Crippen LogP contribution in [0, 0.1) is 13.8 Å². The van der Waals surface area contributed by atoms with E-state index in [1.807, 2.05) is 7.05 Å². The molecule has 1 aromatic carbocycles. The third-order valence-electron chi connectivity index (χ3n) is 4.39. The molecule has 0 bridgehead atoms. The van der Waals surface area contributed by atoms with Gasteiger partial charge >= 0.3 is 0 Å². The van der Waals surface area contributed by atoms with Gasteiger partial charge in [-0.05, 0) is 63.8 Å². The Morgan fingerprint density at radius 3 is 2.50 bits per heavy atom. The molecule has 1 saturated heterocycles. The molecule has 0 amide bonds. The summed E-state index contributed by atoms with van der Waals surface area (Å²) in [6.07, 6.45) is 3.39. The van der Waals surface area contributed by atoms with Crippen LogP contribution >= 0.6 is 0 Å². The molecule has 1 fully saturated rings. The third kappa shape index (κ3) is 2.60. The molecular formula is C16H25NO. The fraction of sp³-hybridized carbons (Fsp3) is 0.625. The smallest absolute Gasteiger partial charge is 0.0810 e. The van der Waals surface area contributed by atoms with Crippen molar-refractivity contribution in [1.29, 1.82) is 0 Å². The molecule has 1 heterocycles. The van der Waals surface area contributed by atoms with E-state index < -0.39 is 0 Å². The Labute approximate surface area is 111 Å². The second kappa shape index (κ2) is 5.41. The molecule has 2 atom stereocenters. The van der Waals surface area contributed by atoms with Crippen molar-refractivity contribution in [2.75, 3.05) is 13.7 Å². The van der Waals surface area contributed by atoms with Gasteiger partial charge in [0.25, 0.3) is 0 Å². The van der Waals surface area contributed by atoms with E-state index in [1.165, 1.54) is 23.1 Å². The monoisotopic (exact) mass is 247 g/mol. The Kier molecular flexibility index (Phi) is 4.08. The zero-order valence-corrected chi connectivity index (χ0v) is 12.0. The normalized spacial score (nSPS) is 25.3. The first-order valence-corrected chi connectivity index (χ1v) is 6.93. The Morgan fingerprint density at radius 1 is 1.33 bits per heavy atom. The van der Waals surface area contributed by atoms with Crippen LogP contribution < -0.4 is 5.32 Å². The summed E-state index contributed by atoms with van der Waals surface area (Å²) < 4.78 is 5.98. The van der Waals surface area contributed by atoms with Gasteiger partial charge in [-0.1, -0.05) is 18.2 Å². The summed E-state index contributed by atoms with van der Waals surface area (Å²) in [5.41, 5.74) is 4.23. The number of rotatable bonds is 4. The van der Waals surface area contributed by atoms with E-state index in [1.54, 1.807) is 0 Å². The molecule has 2 rings (SSSR count). The highest BCUT2D eigenvalue weighted by Crippen LogP contribution is 2.31. The van der Waals surface area contributed by atoms with Crippen LogP contribution in [0.4, 0.5) is 0 Å². The molecule has 2 heteroatoms. The number of ether oxygens (including phenoxy) is 1. The molecule has 18 heavy (non-hydrogen) atoms. The second-order valence-corrected chi connectivity index (χ2v) is 5.68. The maximum absolute atomic E-state index is 5.98. The lowest BCUT2D eigenvalue weighted by atomic mass is 9.86. The van der Waals surface area contributed by atoms with Gasteiger partial charge < -0.3 is 10.1 Å². The summed E-state index contributed by atoms with van der Waals surface area (Å²) in [5, 5.41) is 3.46. The Hall–Kier alpha value is -0.860. The van der Waals surface area contributed by atoms with E-state index in [0.717, 1.165) is 19.4 Å². The van der Waals surface area contributed by atoms with Crippen molar-refractivity contribution in [1.82, 2.24) is 5.32 Å². The van der Waals surface area contributed by atoms with E-state index in [9.17, 15) is 0 Å². The number of benzene rings is 1. The first kappa shape index (κ1) is 13.6. The Bertz CT molecular complexity index is 387. The molecule has 2 nitrogen and oxygen atoms in total. The van der Waals surface area contributed by atoms with E-state index in [4.69, 9.17) is 4.74 Å². The summed E-state index contributed by atoms with van der Waals surface area (Å²) in [6.45, 7) is 7.55. The van der Waals surface area contributed by atoms with Crippen molar-refractivity contribution in [2.45, 2.75) is 51.7 Å². The van der Waals surface area contributed by atoms with Crippen LogP contribution in [0.3, 0.4) is 0 Å². The SMILES string of the molecule is CNC(Cc1c(C)cccc1C)C1(C)CCCO1. The predicted molar refractivity (Wildman–Crippen MR) is 76.1 cm³/mol. The number of nitrogens with one attached hydrogen (secondary N) is 1. The van der Waals surface area contributed by atoms with Crippen molar-refractivity contribution in [3.8, 4) is 0 Å². The molecule has 2 unspecified atom stereocenters. The fourth-order valence-corrected chi connectivity index (χ4v) is 3.07. The molecule has 0 aliphatic carbocycles. The van der Waals surface area contributed by atoms with Gasteiger partial charge in [0.2, 0.25) is 0 Å². The summed E-state index contributed by atoms with van der Waals surface area (Å²) in [6, 6.07) is 6.93. The van der Waals surface area contributed by atoms with Crippen molar-refractivity contribution >= 4 is 0 Å². The number of hydrogen-bond donors (Lipinski definition) is 1. The van der Waals surface area contributed by atoms with Gasteiger partial charge in [-0.15, -0.1) is 0 Å². The number of aryl methyl sites for hydroxylation is 2. The standard InChI is InChI=1S/C16H25NO/c1-12-7-5-8-13(2)14(12)11-15(17-4)16(3)9-6-10-18-16/h5,7-8,15,17H,6,9-11H2,1-4H3.